The zero-order chi connectivity index (χ0) is 12.4. The first-order valence-electron chi connectivity index (χ1n) is 8.41. The standard InChI is InChI=1S/C17H29N/c1-3-18-12(2)17(4-5-17)16-9-13-6-14(10-16)8-15(7-13)11-16/h12-15,18H,3-11H2,1-2H3. The van der Waals surface area contributed by atoms with E-state index < -0.39 is 0 Å². The van der Waals surface area contributed by atoms with Gasteiger partial charge in [-0.15, -0.1) is 0 Å². The van der Waals surface area contributed by atoms with E-state index in [9.17, 15) is 0 Å². The van der Waals surface area contributed by atoms with E-state index in [4.69, 9.17) is 0 Å². The summed E-state index contributed by atoms with van der Waals surface area (Å²) in [5.74, 6) is 3.34. The molecule has 4 bridgehead atoms. The molecule has 0 heterocycles. The highest BCUT2D eigenvalue weighted by Crippen LogP contribution is 2.74. The first kappa shape index (κ1) is 11.8. The summed E-state index contributed by atoms with van der Waals surface area (Å²) in [7, 11) is 0. The molecule has 0 aromatic rings. The van der Waals surface area contributed by atoms with E-state index in [1.165, 1.54) is 12.8 Å². The molecule has 5 rings (SSSR count). The quantitative estimate of drug-likeness (QED) is 0.792. The Balaban J connectivity index is 1.63. The summed E-state index contributed by atoms with van der Waals surface area (Å²) >= 11 is 0. The van der Waals surface area contributed by atoms with Crippen molar-refractivity contribution in [3.05, 3.63) is 0 Å². The lowest BCUT2D eigenvalue weighted by molar-refractivity contribution is -0.105. The Morgan fingerprint density at radius 1 is 1.00 bits per heavy atom. The van der Waals surface area contributed by atoms with Crippen LogP contribution in [0.5, 0.6) is 0 Å². The van der Waals surface area contributed by atoms with Gasteiger partial charge in [-0.05, 0) is 93.4 Å². The second-order valence-corrected chi connectivity index (χ2v) is 8.13. The van der Waals surface area contributed by atoms with Gasteiger partial charge in [-0.25, -0.2) is 0 Å². The van der Waals surface area contributed by atoms with Crippen molar-refractivity contribution in [2.24, 2.45) is 28.6 Å². The molecule has 1 nitrogen and oxygen atoms in total. The summed E-state index contributed by atoms with van der Waals surface area (Å²) in [5.41, 5.74) is 1.47. The van der Waals surface area contributed by atoms with Crippen LogP contribution >= 0.6 is 0 Å². The maximum atomic E-state index is 3.77. The molecule has 0 spiro atoms. The topological polar surface area (TPSA) is 12.0 Å². The molecule has 1 unspecified atom stereocenters. The summed E-state index contributed by atoms with van der Waals surface area (Å²) < 4.78 is 0. The fourth-order valence-electron chi connectivity index (χ4n) is 6.78. The van der Waals surface area contributed by atoms with E-state index >= 15 is 0 Å². The van der Waals surface area contributed by atoms with Crippen molar-refractivity contribution in [2.45, 2.75) is 71.3 Å². The van der Waals surface area contributed by atoms with Gasteiger partial charge in [0.05, 0.1) is 0 Å². The van der Waals surface area contributed by atoms with E-state index in [1.807, 2.05) is 0 Å². The largest absolute Gasteiger partial charge is 0.314 e. The van der Waals surface area contributed by atoms with E-state index in [0.717, 1.165) is 35.8 Å². The average molecular weight is 247 g/mol. The highest BCUT2D eigenvalue weighted by atomic mass is 15.0. The zero-order valence-electron chi connectivity index (χ0n) is 12.2. The van der Waals surface area contributed by atoms with Crippen LogP contribution in [0, 0.1) is 28.6 Å². The third kappa shape index (κ3) is 1.43. The Morgan fingerprint density at radius 3 is 1.89 bits per heavy atom. The predicted molar refractivity (Wildman–Crippen MR) is 75.4 cm³/mol. The lowest BCUT2D eigenvalue weighted by Crippen LogP contribution is -2.55. The van der Waals surface area contributed by atoms with Crippen LogP contribution in [0.4, 0.5) is 0 Å². The molecule has 5 saturated carbocycles. The summed E-state index contributed by atoms with van der Waals surface area (Å²) in [4.78, 5) is 0. The summed E-state index contributed by atoms with van der Waals surface area (Å²) in [6.45, 7) is 5.90. The van der Waals surface area contributed by atoms with Crippen molar-refractivity contribution in [1.29, 1.82) is 0 Å². The summed E-state index contributed by atoms with van der Waals surface area (Å²) in [5, 5.41) is 3.77. The zero-order valence-corrected chi connectivity index (χ0v) is 12.2. The van der Waals surface area contributed by atoms with Crippen LogP contribution in [0.2, 0.25) is 0 Å². The molecule has 5 aliphatic carbocycles. The molecule has 0 amide bonds. The molecule has 18 heavy (non-hydrogen) atoms. The smallest absolute Gasteiger partial charge is 0.0100 e. The van der Waals surface area contributed by atoms with Crippen molar-refractivity contribution in [3.63, 3.8) is 0 Å². The van der Waals surface area contributed by atoms with Crippen molar-refractivity contribution < 1.29 is 0 Å². The molecular formula is C17H29N. The third-order valence-electron chi connectivity index (χ3n) is 7.22. The highest BCUT2D eigenvalue weighted by Gasteiger charge is 2.66. The molecule has 1 atom stereocenters. The van der Waals surface area contributed by atoms with Crippen LogP contribution in [-0.4, -0.2) is 12.6 Å². The molecule has 1 N–H and O–H groups in total. The molecule has 5 aliphatic rings. The maximum absolute atomic E-state index is 3.77. The molecule has 0 aliphatic heterocycles. The first-order valence-corrected chi connectivity index (χ1v) is 8.41. The fourth-order valence-corrected chi connectivity index (χ4v) is 6.78. The van der Waals surface area contributed by atoms with E-state index in [2.05, 4.69) is 19.2 Å². The van der Waals surface area contributed by atoms with E-state index in [-0.39, 0.29) is 0 Å². The SMILES string of the molecule is CCNC(C)C1(C23CC4CC(CC(C4)C2)C3)CC1. The van der Waals surface area contributed by atoms with Gasteiger partial charge in [-0.2, -0.15) is 0 Å². The second-order valence-electron chi connectivity index (χ2n) is 8.13. The third-order valence-corrected chi connectivity index (χ3v) is 7.22. The van der Waals surface area contributed by atoms with E-state index in [1.54, 1.807) is 38.5 Å². The molecule has 0 radical (unpaired) electrons. The van der Waals surface area contributed by atoms with Gasteiger partial charge >= 0.3 is 0 Å². The minimum absolute atomic E-state index is 0.707. The van der Waals surface area contributed by atoms with Crippen LogP contribution in [0.3, 0.4) is 0 Å². The molecule has 1 heteroatoms. The molecule has 102 valence electrons. The van der Waals surface area contributed by atoms with Crippen molar-refractivity contribution >= 4 is 0 Å². The lowest BCUT2D eigenvalue weighted by Gasteiger charge is -2.61. The lowest BCUT2D eigenvalue weighted by atomic mass is 9.44. The van der Waals surface area contributed by atoms with Crippen molar-refractivity contribution in [3.8, 4) is 0 Å². The fraction of sp³-hybridized carbons (Fsp3) is 1.00. The van der Waals surface area contributed by atoms with E-state index in [0.29, 0.717) is 5.41 Å². The Morgan fingerprint density at radius 2 is 1.50 bits per heavy atom. The average Bonchev–Trinajstić information content (AvgIpc) is 3.08. The highest BCUT2D eigenvalue weighted by molar-refractivity contribution is 5.17. The van der Waals surface area contributed by atoms with Crippen LogP contribution in [0.25, 0.3) is 0 Å². The van der Waals surface area contributed by atoms with Gasteiger partial charge in [0.25, 0.3) is 0 Å². The Hall–Kier alpha value is -0.0400. The minimum Gasteiger partial charge on any atom is -0.314 e. The number of nitrogens with one attached hydrogen (secondary N) is 1. The Labute approximate surface area is 112 Å². The summed E-state index contributed by atoms with van der Waals surface area (Å²) in [6.07, 6.45) is 12.6. The molecule has 0 aromatic carbocycles. The Kier molecular flexibility index (Phi) is 2.45. The van der Waals surface area contributed by atoms with Crippen LogP contribution < -0.4 is 5.32 Å². The van der Waals surface area contributed by atoms with Crippen LogP contribution in [-0.2, 0) is 0 Å². The molecule has 0 saturated heterocycles. The maximum Gasteiger partial charge on any atom is 0.0100 e. The first-order chi connectivity index (χ1) is 8.67. The van der Waals surface area contributed by atoms with Gasteiger partial charge in [-0.1, -0.05) is 6.92 Å². The Bertz CT molecular complexity index is 306. The predicted octanol–water partition coefficient (Wildman–Crippen LogP) is 3.98. The summed E-state index contributed by atoms with van der Waals surface area (Å²) in [6, 6.07) is 0.763. The minimum atomic E-state index is 0.707. The van der Waals surface area contributed by atoms with Gasteiger partial charge in [0.2, 0.25) is 0 Å². The molecule has 0 aromatic heterocycles. The normalized spacial score (nSPS) is 49.3. The van der Waals surface area contributed by atoms with Crippen molar-refractivity contribution in [2.75, 3.05) is 6.54 Å². The molecule has 5 fully saturated rings. The van der Waals surface area contributed by atoms with Gasteiger partial charge in [0.15, 0.2) is 0 Å². The molecular weight excluding hydrogens is 218 g/mol. The second kappa shape index (κ2) is 3.75. The van der Waals surface area contributed by atoms with Gasteiger partial charge in [0, 0.05) is 6.04 Å². The van der Waals surface area contributed by atoms with Crippen LogP contribution in [0.1, 0.15) is 65.2 Å². The number of hydrogen-bond acceptors (Lipinski definition) is 1. The number of hydrogen-bond donors (Lipinski definition) is 1. The number of rotatable bonds is 4. The monoisotopic (exact) mass is 247 g/mol. The van der Waals surface area contributed by atoms with Gasteiger partial charge < -0.3 is 5.32 Å². The van der Waals surface area contributed by atoms with Gasteiger partial charge in [0.1, 0.15) is 0 Å². The van der Waals surface area contributed by atoms with Gasteiger partial charge in [-0.3, -0.25) is 0 Å². The van der Waals surface area contributed by atoms with Crippen molar-refractivity contribution in [1.82, 2.24) is 5.32 Å². The van der Waals surface area contributed by atoms with Crippen LogP contribution in [0.15, 0.2) is 0 Å².